The molecule has 2 aromatic heterocycles. The van der Waals surface area contributed by atoms with Crippen molar-refractivity contribution in [3.63, 3.8) is 0 Å². The fourth-order valence-electron chi connectivity index (χ4n) is 3.38. The molecule has 0 saturated heterocycles. The Hall–Kier alpha value is -3.36. The Balaban J connectivity index is 1.55. The van der Waals surface area contributed by atoms with Gasteiger partial charge < -0.3 is 19.1 Å². The predicted octanol–water partition coefficient (Wildman–Crippen LogP) is 5.67. The fourth-order valence-corrected chi connectivity index (χ4v) is 4.89. The topological polar surface area (TPSA) is 60.9 Å². The molecule has 2 aromatic carbocycles. The number of hydrogen-bond acceptors (Lipinski definition) is 7. The second kappa shape index (κ2) is 10.5. The van der Waals surface area contributed by atoms with E-state index in [1.807, 2.05) is 65.4 Å². The maximum atomic E-state index is 13.4. The van der Waals surface area contributed by atoms with Crippen LogP contribution in [0.5, 0.6) is 17.2 Å². The summed E-state index contributed by atoms with van der Waals surface area (Å²) >= 11 is 3.13. The molecule has 0 radical (unpaired) electrons. The van der Waals surface area contributed by atoms with Crippen molar-refractivity contribution >= 4 is 34.3 Å². The lowest BCUT2D eigenvalue weighted by molar-refractivity contribution is -0.118. The van der Waals surface area contributed by atoms with Crippen molar-refractivity contribution in [2.24, 2.45) is 0 Å². The summed E-state index contributed by atoms with van der Waals surface area (Å²) in [5, 5.41) is 4.77. The van der Waals surface area contributed by atoms with E-state index in [4.69, 9.17) is 19.2 Å². The Morgan fingerprint density at radius 2 is 1.73 bits per heavy atom. The van der Waals surface area contributed by atoms with Crippen LogP contribution in [0.2, 0.25) is 0 Å². The smallest absolute Gasteiger partial charge is 0.233 e. The average molecular weight is 481 g/mol. The van der Waals surface area contributed by atoms with E-state index in [0.29, 0.717) is 18.0 Å². The number of anilines is 1. The van der Waals surface area contributed by atoms with E-state index >= 15 is 0 Å². The van der Waals surface area contributed by atoms with Gasteiger partial charge >= 0.3 is 0 Å². The summed E-state index contributed by atoms with van der Waals surface area (Å²) in [6, 6.07) is 17.2. The van der Waals surface area contributed by atoms with Crippen LogP contribution in [0.25, 0.3) is 10.6 Å². The van der Waals surface area contributed by atoms with Gasteiger partial charge in [0.2, 0.25) is 5.91 Å². The van der Waals surface area contributed by atoms with Crippen LogP contribution >= 0.6 is 22.7 Å². The van der Waals surface area contributed by atoms with Crippen LogP contribution < -0.4 is 19.1 Å². The number of hydrogen-bond donors (Lipinski definition) is 0. The third-order valence-corrected chi connectivity index (χ3v) is 6.90. The lowest BCUT2D eigenvalue weighted by atomic mass is 10.2. The molecule has 0 N–H and O–H groups in total. The number of carbonyl (C=O) groups excluding carboxylic acids is 1. The molecular formula is C25H24N2O4S2. The summed E-state index contributed by atoms with van der Waals surface area (Å²) in [6.07, 6.45) is 0.210. The van der Waals surface area contributed by atoms with Crippen LogP contribution in [0.4, 0.5) is 5.69 Å². The number of carbonyl (C=O) groups is 1. The molecule has 0 fully saturated rings. The Bertz CT molecular complexity index is 1200. The Morgan fingerprint density at radius 1 is 0.939 bits per heavy atom. The Morgan fingerprint density at radius 3 is 2.39 bits per heavy atom. The monoisotopic (exact) mass is 480 g/mol. The molecular weight excluding hydrogens is 456 g/mol. The molecule has 0 aliphatic heterocycles. The number of amides is 1. The van der Waals surface area contributed by atoms with E-state index in [0.717, 1.165) is 32.6 Å². The molecule has 0 spiro atoms. The van der Waals surface area contributed by atoms with Crippen LogP contribution in [-0.4, -0.2) is 32.2 Å². The first-order valence-corrected chi connectivity index (χ1v) is 12.0. The second-order valence-corrected chi connectivity index (χ2v) is 9.04. The molecule has 2 heterocycles. The standard InChI is InChI=1S/C25H24N2O4S2/c1-29-20-9-7-19(8-10-20)27(15-21-5-4-12-32-21)24(28)14-18-16-33-25(26-18)17-6-11-22(30-2)23(13-17)31-3/h4-13,16H,14-15H2,1-3H3. The van der Waals surface area contributed by atoms with Gasteiger partial charge in [-0.25, -0.2) is 4.98 Å². The number of rotatable bonds is 9. The van der Waals surface area contributed by atoms with Crippen LogP contribution in [0, 0.1) is 0 Å². The van der Waals surface area contributed by atoms with Gasteiger partial charge in [-0.2, -0.15) is 0 Å². The van der Waals surface area contributed by atoms with Crippen LogP contribution in [0.15, 0.2) is 65.4 Å². The van der Waals surface area contributed by atoms with E-state index in [2.05, 4.69) is 0 Å². The first kappa shape index (κ1) is 22.8. The summed E-state index contributed by atoms with van der Waals surface area (Å²) in [5.41, 5.74) is 2.48. The fraction of sp³-hybridized carbons (Fsp3) is 0.200. The number of nitrogens with zero attached hydrogens (tertiary/aromatic N) is 2. The van der Waals surface area contributed by atoms with Gasteiger partial charge in [0.05, 0.1) is 40.0 Å². The van der Waals surface area contributed by atoms with Gasteiger partial charge in [0, 0.05) is 21.5 Å². The molecule has 0 bridgehead atoms. The maximum Gasteiger partial charge on any atom is 0.233 e. The maximum absolute atomic E-state index is 13.4. The van der Waals surface area contributed by atoms with E-state index in [1.165, 1.54) is 11.3 Å². The normalized spacial score (nSPS) is 10.6. The van der Waals surface area contributed by atoms with Gasteiger partial charge in [-0.3, -0.25) is 4.79 Å². The number of methoxy groups -OCH3 is 3. The zero-order valence-corrected chi connectivity index (χ0v) is 20.2. The van der Waals surface area contributed by atoms with Crippen molar-refractivity contribution in [2.45, 2.75) is 13.0 Å². The largest absolute Gasteiger partial charge is 0.497 e. The molecule has 0 aliphatic carbocycles. The third kappa shape index (κ3) is 5.35. The molecule has 0 unspecified atom stereocenters. The molecule has 170 valence electrons. The molecule has 0 saturated carbocycles. The lowest BCUT2D eigenvalue weighted by Gasteiger charge is -2.22. The van der Waals surface area contributed by atoms with Crippen molar-refractivity contribution in [1.29, 1.82) is 0 Å². The lowest BCUT2D eigenvalue weighted by Crippen LogP contribution is -2.31. The summed E-state index contributed by atoms with van der Waals surface area (Å²) in [6.45, 7) is 0.509. The van der Waals surface area contributed by atoms with Crippen molar-refractivity contribution in [3.05, 3.63) is 75.9 Å². The third-order valence-electron chi connectivity index (χ3n) is 5.09. The minimum atomic E-state index is -0.0160. The quantitative estimate of drug-likeness (QED) is 0.309. The average Bonchev–Trinajstić information content (AvgIpc) is 3.54. The zero-order chi connectivity index (χ0) is 23.2. The molecule has 0 atom stereocenters. The SMILES string of the molecule is COc1ccc(N(Cc2cccs2)C(=O)Cc2csc(-c3ccc(OC)c(OC)c3)n2)cc1. The number of benzene rings is 2. The summed E-state index contributed by atoms with van der Waals surface area (Å²) in [5.74, 6) is 2.04. The number of thiazole rings is 1. The highest BCUT2D eigenvalue weighted by molar-refractivity contribution is 7.13. The van der Waals surface area contributed by atoms with E-state index in [9.17, 15) is 4.79 Å². The molecule has 4 rings (SSSR count). The Labute approximate surface area is 201 Å². The van der Waals surface area contributed by atoms with Crippen LogP contribution in [0.3, 0.4) is 0 Å². The van der Waals surface area contributed by atoms with Gasteiger partial charge in [-0.1, -0.05) is 6.07 Å². The highest BCUT2D eigenvalue weighted by Gasteiger charge is 2.19. The van der Waals surface area contributed by atoms with Gasteiger partial charge in [0.1, 0.15) is 10.8 Å². The van der Waals surface area contributed by atoms with E-state index in [1.54, 1.807) is 37.6 Å². The molecule has 1 amide bonds. The predicted molar refractivity (Wildman–Crippen MR) is 133 cm³/mol. The Kier molecular flexibility index (Phi) is 7.26. The summed E-state index contributed by atoms with van der Waals surface area (Å²) in [4.78, 5) is 21.0. The van der Waals surface area contributed by atoms with Crippen molar-refractivity contribution < 1.29 is 19.0 Å². The highest BCUT2D eigenvalue weighted by Crippen LogP contribution is 2.34. The minimum absolute atomic E-state index is 0.0160. The summed E-state index contributed by atoms with van der Waals surface area (Å²) in [7, 11) is 4.84. The molecule has 6 nitrogen and oxygen atoms in total. The number of aromatic nitrogens is 1. The van der Waals surface area contributed by atoms with Crippen molar-refractivity contribution in [1.82, 2.24) is 4.98 Å². The first-order chi connectivity index (χ1) is 16.1. The summed E-state index contributed by atoms with van der Waals surface area (Å²) < 4.78 is 16.0. The number of ether oxygens (including phenoxy) is 3. The van der Waals surface area contributed by atoms with Crippen molar-refractivity contribution in [2.75, 3.05) is 26.2 Å². The van der Waals surface area contributed by atoms with Gasteiger partial charge in [0.25, 0.3) is 0 Å². The van der Waals surface area contributed by atoms with Crippen LogP contribution in [-0.2, 0) is 17.8 Å². The van der Waals surface area contributed by atoms with Crippen LogP contribution in [0.1, 0.15) is 10.6 Å². The van der Waals surface area contributed by atoms with Gasteiger partial charge in [-0.05, 0) is 53.9 Å². The van der Waals surface area contributed by atoms with E-state index in [-0.39, 0.29) is 12.3 Å². The minimum Gasteiger partial charge on any atom is -0.497 e. The molecule has 8 heteroatoms. The highest BCUT2D eigenvalue weighted by atomic mass is 32.1. The zero-order valence-electron chi connectivity index (χ0n) is 18.6. The van der Waals surface area contributed by atoms with Gasteiger partial charge in [0.15, 0.2) is 11.5 Å². The van der Waals surface area contributed by atoms with Gasteiger partial charge in [-0.15, -0.1) is 22.7 Å². The second-order valence-electron chi connectivity index (χ2n) is 7.15. The first-order valence-electron chi connectivity index (χ1n) is 10.2. The molecule has 33 heavy (non-hydrogen) atoms. The molecule has 0 aliphatic rings. The van der Waals surface area contributed by atoms with Crippen molar-refractivity contribution in [3.8, 4) is 27.8 Å². The number of thiophene rings is 1. The van der Waals surface area contributed by atoms with E-state index < -0.39 is 0 Å². The molecule has 4 aromatic rings.